The van der Waals surface area contributed by atoms with Crippen molar-refractivity contribution in [1.29, 1.82) is 0 Å². The number of para-hydroxylation sites is 1. The summed E-state index contributed by atoms with van der Waals surface area (Å²) in [5.74, 6) is 0.0478. The first-order valence-corrected chi connectivity index (χ1v) is 13.8. The molecule has 6 nitrogen and oxygen atoms in total. The summed E-state index contributed by atoms with van der Waals surface area (Å²) in [6.07, 6.45) is 0.0695. The van der Waals surface area contributed by atoms with Crippen molar-refractivity contribution in [2.75, 3.05) is 27.3 Å². The summed E-state index contributed by atoms with van der Waals surface area (Å²) in [4.78, 5) is 21.2. The molecule has 2 aliphatic heterocycles. The topological polar surface area (TPSA) is 61.6 Å². The van der Waals surface area contributed by atoms with Gasteiger partial charge in [-0.05, 0) is 0 Å². The fourth-order valence-electron chi connectivity index (χ4n) is 4.65. The first-order chi connectivity index (χ1) is 15.0. The number of carbonyl (C=O) groups is 1. The third-order valence-electron chi connectivity index (χ3n) is 6.11. The molecule has 2 aliphatic rings. The molecule has 3 heterocycles. The SMILES string of the molecule is CCN(CC)c1cccc2nc3n(c12)CC(CC(=O)O)N3c1ccc(Cl)cc1C1C[I-]1. The van der Waals surface area contributed by atoms with Gasteiger partial charge in [0.25, 0.3) is 0 Å². The molecule has 5 rings (SSSR count). The van der Waals surface area contributed by atoms with Crippen molar-refractivity contribution in [3.63, 3.8) is 0 Å². The maximum atomic E-state index is 11.7. The molecule has 2 atom stereocenters. The quantitative estimate of drug-likeness (QED) is 0.358. The van der Waals surface area contributed by atoms with Crippen LogP contribution in [-0.2, 0) is 11.3 Å². The summed E-state index contributed by atoms with van der Waals surface area (Å²) in [7, 11) is 0. The number of anilines is 3. The number of rotatable bonds is 7. The average molecular weight is 552 g/mol. The summed E-state index contributed by atoms with van der Waals surface area (Å²) in [5, 5.41) is 10.4. The van der Waals surface area contributed by atoms with Gasteiger partial charge in [0.15, 0.2) is 0 Å². The van der Waals surface area contributed by atoms with E-state index in [9.17, 15) is 9.90 Å². The number of hydrogen-bond acceptors (Lipinski definition) is 4. The number of carboxylic acids is 1. The monoisotopic (exact) mass is 551 g/mol. The van der Waals surface area contributed by atoms with Crippen molar-refractivity contribution in [2.45, 2.75) is 36.8 Å². The van der Waals surface area contributed by atoms with E-state index in [1.54, 1.807) is 0 Å². The Hall–Kier alpha value is -2.00. The van der Waals surface area contributed by atoms with Gasteiger partial charge >= 0.3 is 198 Å². The molecular weight excluding hydrogens is 527 g/mol. The Balaban J connectivity index is 1.70. The molecule has 31 heavy (non-hydrogen) atoms. The zero-order chi connectivity index (χ0) is 21.7. The number of nitrogens with zero attached hydrogens (tertiary/aromatic N) is 4. The van der Waals surface area contributed by atoms with Crippen LogP contribution in [0.1, 0.15) is 29.8 Å². The molecule has 2 aromatic carbocycles. The summed E-state index contributed by atoms with van der Waals surface area (Å²) in [5.41, 5.74) is 5.51. The number of carboxylic acid groups (broad SMARTS) is 1. The van der Waals surface area contributed by atoms with Crippen molar-refractivity contribution in [2.24, 2.45) is 0 Å². The van der Waals surface area contributed by atoms with Crippen LogP contribution >= 0.6 is 11.6 Å². The number of alkyl halides is 2. The molecule has 1 saturated heterocycles. The number of imidazole rings is 1. The first kappa shape index (κ1) is 20.9. The van der Waals surface area contributed by atoms with Crippen LogP contribution in [-0.4, -0.2) is 44.2 Å². The van der Waals surface area contributed by atoms with E-state index in [2.05, 4.69) is 52.5 Å². The molecule has 0 aliphatic carbocycles. The van der Waals surface area contributed by atoms with E-state index < -0.39 is 5.97 Å². The zero-order valence-corrected chi connectivity index (χ0v) is 20.5. The van der Waals surface area contributed by atoms with Crippen LogP contribution in [0.15, 0.2) is 36.4 Å². The standard InChI is InChI=1S/C23H25ClIN4O2/c1-3-27(4-2)20-7-5-6-18-22(20)28-13-15(11-21(30)31)29(23(28)26-18)19-9-8-14(24)10-16(19)17-12-25-17/h5-10,15,17H,3-4,11-13H2,1-2H3,(H,30,31)/q-1. The predicted octanol–water partition coefficient (Wildman–Crippen LogP) is 1.67. The van der Waals surface area contributed by atoms with Crippen molar-refractivity contribution < 1.29 is 31.1 Å². The Morgan fingerprint density at radius 1 is 1.29 bits per heavy atom. The number of halogens is 2. The molecule has 0 saturated carbocycles. The van der Waals surface area contributed by atoms with Gasteiger partial charge in [0.2, 0.25) is 0 Å². The summed E-state index contributed by atoms with van der Waals surface area (Å²) in [6.45, 7) is 6.73. The fraction of sp³-hybridized carbons (Fsp3) is 0.391. The van der Waals surface area contributed by atoms with E-state index in [-0.39, 0.29) is 33.7 Å². The second-order valence-electron chi connectivity index (χ2n) is 7.94. The van der Waals surface area contributed by atoms with Gasteiger partial charge in [-0.3, -0.25) is 0 Å². The number of aromatic nitrogens is 2. The number of benzene rings is 2. The van der Waals surface area contributed by atoms with E-state index in [1.807, 2.05) is 12.1 Å². The van der Waals surface area contributed by atoms with Gasteiger partial charge in [0, 0.05) is 0 Å². The number of aliphatic carboxylic acids is 1. The van der Waals surface area contributed by atoms with Gasteiger partial charge in [0.1, 0.15) is 0 Å². The third-order valence-corrected chi connectivity index (χ3v) is 8.78. The van der Waals surface area contributed by atoms with Crippen LogP contribution in [0, 0.1) is 0 Å². The Morgan fingerprint density at radius 3 is 2.74 bits per heavy atom. The Labute approximate surface area is 197 Å². The van der Waals surface area contributed by atoms with Crippen LogP contribution in [0.3, 0.4) is 0 Å². The number of fused-ring (bicyclic) bond motifs is 3. The predicted molar refractivity (Wildman–Crippen MR) is 121 cm³/mol. The van der Waals surface area contributed by atoms with Crippen molar-refractivity contribution in [3.8, 4) is 0 Å². The molecule has 3 aromatic rings. The fourth-order valence-corrected chi connectivity index (χ4v) is 6.54. The zero-order valence-electron chi connectivity index (χ0n) is 17.6. The van der Waals surface area contributed by atoms with E-state index in [0.717, 1.165) is 46.5 Å². The summed E-state index contributed by atoms with van der Waals surface area (Å²) < 4.78 is 4.07. The third kappa shape index (κ3) is 3.65. The van der Waals surface area contributed by atoms with Crippen LogP contribution < -0.4 is 31.0 Å². The minimum absolute atomic E-state index is 0.0695. The molecule has 0 bridgehead atoms. The van der Waals surface area contributed by atoms with Gasteiger partial charge in [-0.25, -0.2) is 0 Å². The van der Waals surface area contributed by atoms with E-state index in [4.69, 9.17) is 16.6 Å². The maximum absolute atomic E-state index is 11.7. The van der Waals surface area contributed by atoms with E-state index in [0.29, 0.717) is 10.5 Å². The molecule has 0 amide bonds. The first-order valence-electron chi connectivity index (χ1n) is 10.6. The molecule has 8 heteroatoms. The Bertz CT molecular complexity index is 1160. The molecule has 1 aromatic heterocycles. The Morgan fingerprint density at radius 2 is 2.06 bits per heavy atom. The van der Waals surface area contributed by atoms with Crippen LogP contribution in [0.2, 0.25) is 5.02 Å². The molecular formula is C23H25ClIN4O2-. The normalized spacial score (nSPS) is 19.9. The summed E-state index contributed by atoms with van der Waals surface area (Å²) in [6, 6.07) is 12.1. The van der Waals surface area contributed by atoms with Gasteiger partial charge in [-0.1, -0.05) is 0 Å². The minimum atomic E-state index is -0.789. The second-order valence-corrected chi connectivity index (χ2v) is 11.6. The molecule has 1 fully saturated rings. The number of hydrogen-bond donors (Lipinski definition) is 1. The molecule has 0 radical (unpaired) electrons. The van der Waals surface area contributed by atoms with Crippen LogP contribution in [0.25, 0.3) is 11.0 Å². The van der Waals surface area contributed by atoms with Crippen LogP contribution in [0.5, 0.6) is 0 Å². The Kier molecular flexibility index (Phi) is 5.50. The molecule has 1 N–H and O–H groups in total. The average Bonchev–Trinajstić information content (AvgIpc) is 3.45. The molecule has 0 spiro atoms. The van der Waals surface area contributed by atoms with Gasteiger partial charge in [0.05, 0.1) is 0 Å². The van der Waals surface area contributed by atoms with Gasteiger partial charge in [-0.15, -0.1) is 0 Å². The van der Waals surface area contributed by atoms with Crippen molar-refractivity contribution >= 4 is 45.9 Å². The van der Waals surface area contributed by atoms with Crippen LogP contribution in [0.4, 0.5) is 17.3 Å². The summed E-state index contributed by atoms with van der Waals surface area (Å²) >= 11 is 6.52. The molecule has 2 unspecified atom stereocenters. The van der Waals surface area contributed by atoms with Gasteiger partial charge in [-0.2, -0.15) is 0 Å². The second kappa shape index (κ2) is 8.16. The molecule has 164 valence electrons. The van der Waals surface area contributed by atoms with Crippen molar-refractivity contribution in [3.05, 3.63) is 47.0 Å². The van der Waals surface area contributed by atoms with E-state index >= 15 is 0 Å². The van der Waals surface area contributed by atoms with Crippen molar-refractivity contribution in [1.82, 2.24) is 9.55 Å². The van der Waals surface area contributed by atoms with Gasteiger partial charge < -0.3 is 0 Å². The van der Waals surface area contributed by atoms with E-state index in [1.165, 1.54) is 9.99 Å².